The van der Waals surface area contributed by atoms with E-state index in [2.05, 4.69) is 4.98 Å². The number of nitrogens with two attached hydrogens (primary N) is 1. The Morgan fingerprint density at radius 1 is 1.18 bits per heavy atom. The van der Waals surface area contributed by atoms with Gasteiger partial charge in [0.15, 0.2) is 5.76 Å². The van der Waals surface area contributed by atoms with Crippen molar-refractivity contribution in [2.45, 2.75) is 20.8 Å². The van der Waals surface area contributed by atoms with Crippen LogP contribution in [-0.4, -0.2) is 12.1 Å². The summed E-state index contributed by atoms with van der Waals surface area (Å²) in [7, 11) is 1.64. The van der Waals surface area contributed by atoms with Gasteiger partial charge in [-0.1, -0.05) is 0 Å². The van der Waals surface area contributed by atoms with E-state index in [0.29, 0.717) is 5.76 Å². The number of rotatable bonds is 2. The normalized spacial score (nSPS) is 10.6. The molecule has 17 heavy (non-hydrogen) atoms. The Balaban J connectivity index is 2.66. The lowest BCUT2D eigenvalue weighted by Gasteiger charge is -2.10. The molecule has 0 radical (unpaired) electrons. The Hall–Kier alpha value is -1.97. The summed E-state index contributed by atoms with van der Waals surface area (Å²) in [6, 6.07) is 4.20. The van der Waals surface area contributed by atoms with Crippen LogP contribution in [-0.2, 0) is 0 Å². The molecule has 2 aromatic rings. The van der Waals surface area contributed by atoms with Crippen LogP contribution in [0.3, 0.4) is 0 Å². The van der Waals surface area contributed by atoms with Gasteiger partial charge in [-0.05, 0) is 44.0 Å². The molecule has 0 aliphatic heterocycles. The van der Waals surface area contributed by atoms with E-state index in [9.17, 15) is 0 Å². The van der Waals surface area contributed by atoms with Crippen LogP contribution in [0.4, 0.5) is 6.01 Å². The highest BCUT2D eigenvalue weighted by atomic mass is 16.5. The molecule has 0 unspecified atom stereocenters. The van der Waals surface area contributed by atoms with E-state index in [4.69, 9.17) is 14.9 Å². The summed E-state index contributed by atoms with van der Waals surface area (Å²) in [6.45, 7) is 5.96. The number of anilines is 1. The molecule has 4 heteroatoms. The number of oxazole rings is 1. The zero-order chi connectivity index (χ0) is 12.6. The van der Waals surface area contributed by atoms with Crippen molar-refractivity contribution < 1.29 is 9.15 Å². The number of aryl methyl sites for hydroxylation is 3. The van der Waals surface area contributed by atoms with Gasteiger partial charge < -0.3 is 14.9 Å². The third kappa shape index (κ3) is 1.98. The molecule has 4 nitrogen and oxygen atoms in total. The standard InChI is InChI=1S/C13H16N2O2/c1-7-5-10(11(16-4)6-8(7)2)12-9(3)15-13(14)17-12/h5-6H,1-4H3,(H2,14,15). The molecule has 1 aromatic heterocycles. The van der Waals surface area contributed by atoms with E-state index in [0.717, 1.165) is 17.0 Å². The Labute approximate surface area is 100 Å². The van der Waals surface area contributed by atoms with Crippen LogP contribution in [0.15, 0.2) is 16.5 Å². The van der Waals surface area contributed by atoms with Gasteiger partial charge in [-0.3, -0.25) is 0 Å². The van der Waals surface area contributed by atoms with Crippen LogP contribution in [0, 0.1) is 20.8 Å². The highest BCUT2D eigenvalue weighted by molar-refractivity contribution is 5.70. The van der Waals surface area contributed by atoms with Crippen molar-refractivity contribution in [3.05, 3.63) is 29.0 Å². The molecule has 0 saturated heterocycles. The average molecular weight is 232 g/mol. The molecule has 0 bridgehead atoms. The highest BCUT2D eigenvalue weighted by Gasteiger charge is 2.15. The van der Waals surface area contributed by atoms with Crippen molar-refractivity contribution in [1.82, 2.24) is 4.98 Å². The average Bonchev–Trinajstić information content (AvgIpc) is 2.61. The van der Waals surface area contributed by atoms with E-state index in [1.54, 1.807) is 7.11 Å². The van der Waals surface area contributed by atoms with Crippen molar-refractivity contribution in [3.63, 3.8) is 0 Å². The second-order valence-electron chi connectivity index (χ2n) is 4.10. The first-order chi connectivity index (χ1) is 8.02. The minimum Gasteiger partial charge on any atom is -0.496 e. The van der Waals surface area contributed by atoms with Crippen molar-refractivity contribution in [2.75, 3.05) is 12.8 Å². The second-order valence-corrected chi connectivity index (χ2v) is 4.10. The minimum atomic E-state index is 0.179. The zero-order valence-corrected chi connectivity index (χ0v) is 10.5. The quantitative estimate of drug-likeness (QED) is 0.864. The van der Waals surface area contributed by atoms with Gasteiger partial charge >= 0.3 is 0 Å². The first-order valence-electron chi connectivity index (χ1n) is 5.41. The Kier molecular flexibility index (Phi) is 2.79. The lowest BCUT2D eigenvalue weighted by molar-refractivity contribution is 0.414. The number of aromatic nitrogens is 1. The number of methoxy groups -OCH3 is 1. The number of nitrogen functional groups attached to an aromatic ring is 1. The molecule has 0 saturated carbocycles. The predicted molar refractivity (Wildman–Crippen MR) is 67.1 cm³/mol. The molecule has 0 atom stereocenters. The van der Waals surface area contributed by atoms with Gasteiger partial charge in [-0.2, -0.15) is 4.98 Å². The number of hydrogen-bond acceptors (Lipinski definition) is 4. The Morgan fingerprint density at radius 3 is 2.35 bits per heavy atom. The van der Waals surface area contributed by atoms with Crippen LogP contribution in [0.25, 0.3) is 11.3 Å². The summed E-state index contributed by atoms with van der Waals surface area (Å²) in [5.41, 5.74) is 9.56. The van der Waals surface area contributed by atoms with Crippen LogP contribution in [0.5, 0.6) is 5.75 Å². The molecular formula is C13H16N2O2. The summed E-state index contributed by atoms with van der Waals surface area (Å²) < 4.78 is 10.8. The Morgan fingerprint density at radius 2 is 1.82 bits per heavy atom. The zero-order valence-electron chi connectivity index (χ0n) is 10.5. The smallest absolute Gasteiger partial charge is 0.292 e. The van der Waals surface area contributed by atoms with Crippen LogP contribution >= 0.6 is 0 Å². The van der Waals surface area contributed by atoms with Gasteiger partial charge in [0.1, 0.15) is 5.75 Å². The van der Waals surface area contributed by atoms with Gasteiger partial charge in [-0.15, -0.1) is 0 Å². The lowest BCUT2D eigenvalue weighted by Crippen LogP contribution is -1.92. The molecule has 0 fully saturated rings. The molecule has 2 N–H and O–H groups in total. The summed E-state index contributed by atoms with van der Waals surface area (Å²) >= 11 is 0. The molecular weight excluding hydrogens is 216 g/mol. The third-order valence-electron chi connectivity index (χ3n) is 2.87. The number of benzene rings is 1. The van der Waals surface area contributed by atoms with E-state index >= 15 is 0 Å². The van der Waals surface area contributed by atoms with Crippen molar-refractivity contribution in [3.8, 4) is 17.1 Å². The summed E-state index contributed by atoms with van der Waals surface area (Å²) in [5.74, 6) is 1.44. The largest absolute Gasteiger partial charge is 0.496 e. The van der Waals surface area contributed by atoms with Gasteiger partial charge in [0.25, 0.3) is 6.01 Å². The van der Waals surface area contributed by atoms with Crippen molar-refractivity contribution in [2.24, 2.45) is 0 Å². The fourth-order valence-electron chi connectivity index (χ4n) is 1.80. The maximum atomic E-state index is 5.56. The topological polar surface area (TPSA) is 61.3 Å². The van der Waals surface area contributed by atoms with E-state index in [1.165, 1.54) is 11.1 Å². The minimum absolute atomic E-state index is 0.179. The molecule has 0 aliphatic rings. The molecule has 0 amide bonds. The Bertz CT molecular complexity index is 559. The number of ether oxygens (including phenoxy) is 1. The summed E-state index contributed by atoms with van der Waals surface area (Å²) in [4.78, 5) is 4.07. The fraction of sp³-hybridized carbons (Fsp3) is 0.308. The van der Waals surface area contributed by atoms with Gasteiger partial charge in [0.2, 0.25) is 0 Å². The van der Waals surface area contributed by atoms with Crippen LogP contribution < -0.4 is 10.5 Å². The molecule has 1 heterocycles. The third-order valence-corrected chi connectivity index (χ3v) is 2.87. The maximum Gasteiger partial charge on any atom is 0.292 e. The predicted octanol–water partition coefficient (Wildman–Crippen LogP) is 2.86. The first-order valence-corrected chi connectivity index (χ1v) is 5.41. The summed E-state index contributed by atoms with van der Waals surface area (Å²) in [5, 5.41) is 0. The summed E-state index contributed by atoms with van der Waals surface area (Å²) in [6.07, 6.45) is 0. The molecule has 0 spiro atoms. The van der Waals surface area contributed by atoms with Crippen LogP contribution in [0.1, 0.15) is 16.8 Å². The van der Waals surface area contributed by atoms with Crippen molar-refractivity contribution in [1.29, 1.82) is 0 Å². The highest BCUT2D eigenvalue weighted by Crippen LogP contribution is 2.35. The maximum absolute atomic E-state index is 5.56. The molecule has 90 valence electrons. The lowest BCUT2D eigenvalue weighted by atomic mass is 10.0. The van der Waals surface area contributed by atoms with Gasteiger partial charge in [0, 0.05) is 0 Å². The van der Waals surface area contributed by atoms with Gasteiger partial charge in [0.05, 0.1) is 18.4 Å². The van der Waals surface area contributed by atoms with E-state index in [-0.39, 0.29) is 6.01 Å². The fourth-order valence-corrected chi connectivity index (χ4v) is 1.80. The molecule has 2 rings (SSSR count). The SMILES string of the molecule is COc1cc(C)c(C)cc1-c1oc(N)nc1C. The number of hydrogen-bond donors (Lipinski definition) is 1. The van der Waals surface area contributed by atoms with Crippen LogP contribution in [0.2, 0.25) is 0 Å². The van der Waals surface area contributed by atoms with Crippen molar-refractivity contribution >= 4 is 6.01 Å². The van der Waals surface area contributed by atoms with Gasteiger partial charge in [-0.25, -0.2) is 0 Å². The van der Waals surface area contributed by atoms with E-state index in [1.807, 2.05) is 32.9 Å². The van der Waals surface area contributed by atoms with E-state index < -0.39 is 0 Å². The second kappa shape index (κ2) is 4.13. The monoisotopic (exact) mass is 232 g/mol. The molecule has 0 aliphatic carbocycles. The number of nitrogens with zero attached hydrogens (tertiary/aromatic N) is 1. The first kappa shape index (κ1) is 11.5. The molecule has 1 aromatic carbocycles.